The van der Waals surface area contributed by atoms with Gasteiger partial charge in [-0.25, -0.2) is 0 Å². The van der Waals surface area contributed by atoms with Crippen molar-refractivity contribution < 1.29 is 9.59 Å². The van der Waals surface area contributed by atoms with Crippen molar-refractivity contribution in [3.8, 4) is 0 Å². The molecule has 0 aromatic heterocycles. The highest BCUT2D eigenvalue weighted by Crippen LogP contribution is 2.13. The SMILES string of the molecule is CC(C)NC(=O)C(=O)Nc1ccc(Br)cc1. The molecule has 0 aliphatic heterocycles. The number of halogens is 1. The molecule has 0 fully saturated rings. The van der Waals surface area contributed by atoms with Gasteiger partial charge in [0.25, 0.3) is 0 Å². The molecule has 86 valence electrons. The molecule has 0 radical (unpaired) electrons. The van der Waals surface area contributed by atoms with E-state index in [2.05, 4.69) is 26.6 Å². The molecule has 1 aromatic carbocycles. The molecule has 16 heavy (non-hydrogen) atoms. The summed E-state index contributed by atoms with van der Waals surface area (Å²) in [5.41, 5.74) is 0.590. The van der Waals surface area contributed by atoms with Crippen LogP contribution in [0.2, 0.25) is 0 Å². The number of carbonyl (C=O) groups is 2. The number of anilines is 1. The molecule has 0 atom stereocenters. The van der Waals surface area contributed by atoms with Gasteiger partial charge >= 0.3 is 11.8 Å². The molecule has 0 saturated heterocycles. The van der Waals surface area contributed by atoms with Crippen LogP contribution in [-0.2, 0) is 9.59 Å². The Morgan fingerprint density at radius 1 is 1.12 bits per heavy atom. The maximum atomic E-state index is 11.4. The Kier molecular flexibility index (Phi) is 4.49. The summed E-state index contributed by atoms with van der Waals surface area (Å²) in [4.78, 5) is 22.7. The second kappa shape index (κ2) is 5.65. The zero-order valence-electron chi connectivity index (χ0n) is 9.08. The summed E-state index contributed by atoms with van der Waals surface area (Å²) in [6.45, 7) is 3.59. The first-order valence-corrected chi connectivity index (χ1v) is 5.65. The van der Waals surface area contributed by atoms with Crippen molar-refractivity contribution >= 4 is 33.4 Å². The molecule has 0 spiro atoms. The van der Waals surface area contributed by atoms with Crippen LogP contribution in [0.15, 0.2) is 28.7 Å². The van der Waals surface area contributed by atoms with Gasteiger partial charge < -0.3 is 10.6 Å². The highest BCUT2D eigenvalue weighted by Gasteiger charge is 2.13. The van der Waals surface area contributed by atoms with E-state index in [1.165, 1.54) is 0 Å². The van der Waals surface area contributed by atoms with Crippen molar-refractivity contribution in [2.75, 3.05) is 5.32 Å². The third-order valence-electron chi connectivity index (χ3n) is 1.73. The number of hydrogen-bond donors (Lipinski definition) is 2. The van der Waals surface area contributed by atoms with Crippen molar-refractivity contribution in [3.63, 3.8) is 0 Å². The van der Waals surface area contributed by atoms with E-state index in [1.807, 2.05) is 0 Å². The molecule has 0 aliphatic rings. The summed E-state index contributed by atoms with van der Waals surface area (Å²) in [5, 5.41) is 5.02. The van der Waals surface area contributed by atoms with Crippen molar-refractivity contribution in [2.45, 2.75) is 19.9 Å². The van der Waals surface area contributed by atoms with Crippen LogP contribution in [0.1, 0.15) is 13.8 Å². The molecule has 0 saturated carbocycles. The van der Waals surface area contributed by atoms with E-state index in [0.29, 0.717) is 5.69 Å². The Morgan fingerprint density at radius 2 is 1.69 bits per heavy atom. The van der Waals surface area contributed by atoms with Crippen molar-refractivity contribution in [3.05, 3.63) is 28.7 Å². The van der Waals surface area contributed by atoms with Gasteiger partial charge in [-0.2, -0.15) is 0 Å². The fraction of sp³-hybridized carbons (Fsp3) is 0.273. The Morgan fingerprint density at radius 3 is 2.19 bits per heavy atom. The number of amides is 2. The van der Waals surface area contributed by atoms with Gasteiger partial charge in [-0.05, 0) is 38.1 Å². The molecule has 0 bridgehead atoms. The fourth-order valence-corrected chi connectivity index (χ4v) is 1.31. The molecule has 0 unspecified atom stereocenters. The second-order valence-electron chi connectivity index (χ2n) is 3.59. The average Bonchev–Trinajstić information content (AvgIpc) is 2.20. The molecule has 5 heteroatoms. The van der Waals surface area contributed by atoms with E-state index in [0.717, 1.165) is 4.47 Å². The third kappa shape index (κ3) is 4.02. The lowest BCUT2D eigenvalue weighted by molar-refractivity contribution is -0.136. The number of hydrogen-bond acceptors (Lipinski definition) is 2. The summed E-state index contributed by atoms with van der Waals surface area (Å²) in [6.07, 6.45) is 0. The van der Waals surface area contributed by atoms with Crippen LogP contribution in [0, 0.1) is 0 Å². The minimum Gasteiger partial charge on any atom is -0.346 e. The predicted molar refractivity (Wildman–Crippen MR) is 66.1 cm³/mol. The molecule has 2 N–H and O–H groups in total. The zero-order chi connectivity index (χ0) is 12.1. The van der Waals surface area contributed by atoms with Crippen LogP contribution in [0.4, 0.5) is 5.69 Å². The molecule has 4 nitrogen and oxygen atoms in total. The standard InChI is InChI=1S/C11H13BrN2O2/c1-7(2)13-10(15)11(16)14-9-5-3-8(12)4-6-9/h3-7H,1-2H3,(H,13,15)(H,14,16). The minimum atomic E-state index is -0.656. The molecule has 1 rings (SSSR count). The molecule has 0 heterocycles. The first kappa shape index (κ1) is 12.7. The van der Waals surface area contributed by atoms with Crippen LogP contribution >= 0.6 is 15.9 Å². The van der Waals surface area contributed by atoms with E-state index >= 15 is 0 Å². The van der Waals surface area contributed by atoms with Crippen LogP contribution in [0.3, 0.4) is 0 Å². The van der Waals surface area contributed by atoms with E-state index < -0.39 is 11.8 Å². The summed E-state index contributed by atoms with van der Waals surface area (Å²) in [6, 6.07) is 6.95. The van der Waals surface area contributed by atoms with Crippen LogP contribution < -0.4 is 10.6 Å². The van der Waals surface area contributed by atoms with Gasteiger partial charge in [-0.1, -0.05) is 15.9 Å². The first-order chi connectivity index (χ1) is 7.49. The zero-order valence-corrected chi connectivity index (χ0v) is 10.7. The van der Waals surface area contributed by atoms with Gasteiger partial charge in [-0.3, -0.25) is 9.59 Å². The quantitative estimate of drug-likeness (QED) is 0.815. The lowest BCUT2D eigenvalue weighted by Gasteiger charge is -2.08. The molecular formula is C11H13BrN2O2. The second-order valence-corrected chi connectivity index (χ2v) is 4.50. The van der Waals surface area contributed by atoms with E-state index in [1.54, 1.807) is 38.1 Å². The Bertz CT molecular complexity index is 387. The molecule has 2 amide bonds. The maximum Gasteiger partial charge on any atom is 0.313 e. The highest BCUT2D eigenvalue weighted by atomic mass is 79.9. The number of nitrogens with one attached hydrogen (secondary N) is 2. The topological polar surface area (TPSA) is 58.2 Å². The summed E-state index contributed by atoms with van der Waals surface area (Å²) in [7, 11) is 0. The van der Waals surface area contributed by atoms with E-state index in [-0.39, 0.29) is 6.04 Å². The summed E-state index contributed by atoms with van der Waals surface area (Å²) >= 11 is 3.28. The van der Waals surface area contributed by atoms with E-state index in [4.69, 9.17) is 0 Å². The molecular weight excluding hydrogens is 272 g/mol. The van der Waals surface area contributed by atoms with Crippen molar-refractivity contribution in [1.82, 2.24) is 5.32 Å². The highest BCUT2D eigenvalue weighted by molar-refractivity contribution is 9.10. The van der Waals surface area contributed by atoms with Crippen LogP contribution in [-0.4, -0.2) is 17.9 Å². The van der Waals surface area contributed by atoms with Crippen molar-refractivity contribution in [1.29, 1.82) is 0 Å². The fourth-order valence-electron chi connectivity index (χ4n) is 1.05. The Labute approximate surface area is 103 Å². The smallest absolute Gasteiger partial charge is 0.313 e. The normalized spacial score (nSPS) is 10.0. The lowest BCUT2D eigenvalue weighted by atomic mass is 10.3. The Hall–Kier alpha value is -1.36. The molecule has 1 aromatic rings. The largest absolute Gasteiger partial charge is 0.346 e. The van der Waals surface area contributed by atoms with Gasteiger partial charge in [0.05, 0.1) is 0 Å². The van der Waals surface area contributed by atoms with E-state index in [9.17, 15) is 9.59 Å². The first-order valence-electron chi connectivity index (χ1n) is 4.86. The summed E-state index contributed by atoms with van der Waals surface area (Å²) < 4.78 is 0.914. The summed E-state index contributed by atoms with van der Waals surface area (Å²) in [5.74, 6) is -1.28. The minimum absolute atomic E-state index is 0.0526. The van der Waals surface area contributed by atoms with Crippen molar-refractivity contribution in [2.24, 2.45) is 0 Å². The number of benzene rings is 1. The average molecular weight is 285 g/mol. The Balaban J connectivity index is 2.57. The monoisotopic (exact) mass is 284 g/mol. The van der Waals surface area contributed by atoms with Crippen LogP contribution in [0.25, 0.3) is 0 Å². The third-order valence-corrected chi connectivity index (χ3v) is 2.26. The van der Waals surface area contributed by atoms with Gasteiger partial charge in [0, 0.05) is 16.2 Å². The molecule has 0 aliphatic carbocycles. The number of carbonyl (C=O) groups excluding carboxylic acids is 2. The van der Waals surface area contributed by atoms with Crippen LogP contribution in [0.5, 0.6) is 0 Å². The van der Waals surface area contributed by atoms with Gasteiger partial charge in [0.1, 0.15) is 0 Å². The van der Waals surface area contributed by atoms with Gasteiger partial charge in [0.15, 0.2) is 0 Å². The lowest BCUT2D eigenvalue weighted by Crippen LogP contribution is -2.39. The van der Waals surface area contributed by atoms with Gasteiger partial charge in [0.2, 0.25) is 0 Å². The number of rotatable bonds is 2. The maximum absolute atomic E-state index is 11.4. The predicted octanol–water partition coefficient (Wildman–Crippen LogP) is 1.91. The van der Waals surface area contributed by atoms with Gasteiger partial charge in [-0.15, -0.1) is 0 Å².